The van der Waals surface area contributed by atoms with Crippen molar-refractivity contribution in [1.82, 2.24) is 14.8 Å². The first-order valence-electron chi connectivity index (χ1n) is 6.79. The fourth-order valence-corrected chi connectivity index (χ4v) is 4.30. The highest BCUT2D eigenvalue weighted by atomic mass is 32.2. The van der Waals surface area contributed by atoms with Gasteiger partial charge >= 0.3 is 0 Å². The molecule has 104 valence electrons. The molecule has 2 aliphatic rings. The minimum Gasteiger partial charge on any atom is -0.341 e. The number of carbonyl (C=O) groups is 1. The van der Waals surface area contributed by atoms with Crippen LogP contribution in [0.3, 0.4) is 0 Å². The lowest BCUT2D eigenvalue weighted by atomic mass is 10.1. The van der Waals surface area contributed by atoms with Crippen LogP contribution in [0.2, 0.25) is 0 Å². The third-order valence-corrected chi connectivity index (χ3v) is 5.51. The first-order chi connectivity index (χ1) is 9.33. The first-order valence-corrected chi connectivity index (χ1v) is 8.82. The number of likely N-dealkylation sites (tertiary alicyclic amines) is 1. The summed E-state index contributed by atoms with van der Waals surface area (Å²) in [5.74, 6) is 2.80. The van der Waals surface area contributed by atoms with E-state index in [1.165, 1.54) is 4.88 Å². The largest absolute Gasteiger partial charge is 0.341 e. The number of thioether (sulfide) groups is 1. The molecule has 3 heterocycles. The summed E-state index contributed by atoms with van der Waals surface area (Å²) in [6.07, 6.45) is 2.95. The Morgan fingerprint density at radius 3 is 2.95 bits per heavy atom. The molecule has 2 fully saturated rings. The fraction of sp³-hybridized carbons (Fsp3) is 0.692. The third kappa shape index (κ3) is 3.30. The average molecular weight is 297 g/mol. The second-order valence-corrected chi connectivity index (χ2v) is 7.32. The molecule has 0 N–H and O–H groups in total. The van der Waals surface area contributed by atoms with E-state index in [0.29, 0.717) is 5.91 Å². The Hall–Kier alpha value is -0.590. The summed E-state index contributed by atoms with van der Waals surface area (Å²) in [6, 6.07) is 0. The highest BCUT2D eigenvalue weighted by molar-refractivity contribution is 7.99. The van der Waals surface area contributed by atoms with Crippen LogP contribution in [-0.2, 0) is 11.3 Å². The van der Waals surface area contributed by atoms with Crippen molar-refractivity contribution in [3.05, 3.63) is 16.6 Å². The van der Waals surface area contributed by atoms with Crippen molar-refractivity contribution in [2.24, 2.45) is 5.92 Å². The van der Waals surface area contributed by atoms with Crippen molar-refractivity contribution in [2.45, 2.75) is 13.0 Å². The molecule has 0 aromatic carbocycles. The molecular weight excluding hydrogens is 278 g/mol. The van der Waals surface area contributed by atoms with Gasteiger partial charge < -0.3 is 4.90 Å². The van der Waals surface area contributed by atoms with Gasteiger partial charge in [0.05, 0.1) is 11.4 Å². The van der Waals surface area contributed by atoms with Crippen molar-refractivity contribution >= 4 is 29.0 Å². The van der Waals surface area contributed by atoms with E-state index in [-0.39, 0.29) is 5.92 Å². The second kappa shape index (κ2) is 6.24. The smallest absolute Gasteiger partial charge is 0.227 e. The second-order valence-electron chi connectivity index (χ2n) is 5.13. The van der Waals surface area contributed by atoms with E-state index < -0.39 is 0 Å². The average Bonchev–Trinajstić information content (AvgIpc) is 3.11. The molecule has 1 atom stereocenters. The minimum absolute atomic E-state index is 0.219. The Labute approximate surface area is 122 Å². The van der Waals surface area contributed by atoms with Crippen molar-refractivity contribution in [3.8, 4) is 0 Å². The molecule has 0 saturated carbocycles. The molecule has 6 heteroatoms. The van der Waals surface area contributed by atoms with Crippen LogP contribution < -0.4 is 0 Å². The molecular formula is C13H19N3OS2. The van der Waals surface area contributed by atoms with E-state index in [0.717, 1.165) is 50.7 Å². The third-order valence-electron chi connectivity index (χ3n) is 3.81. The Morgan fingerprint density at radius 2 is 2.21 bits per heavy atom. The molecule has 1 amide bonds. The fourth-order valence-electron chi connectivity index (χ4n) is 2.76. The van der Waals surface area contributed by atoms with E-state index in [1.807, 2.05) is 23.5 Å². The van der Waals surface area contributed by atoms with Gasteiger partial charge in [-0.25, -0.2) is 0 Å². The molecule has 4 nitrogen and oxygen atoms in total. The summed E-state index contributed by atoms with van der Waals surface area (Å²) in [6.45, 7) is 4.78. The zero-order valence-electron chi connectivity index (χ0n) is 11.0. The predicted octanol–water partition coefficient (Wildman–Crippen LogP) is 1.54. The quantitative estimate of drug-likeness (QED) is 0.848. The monoisotopic (exact) mass is 297 g/mol. The first kappa shape index (κ1) is 13.4. The van der Waals surface area contributed by atoms with E-state index in [9.17, 15) is 4.79 Å². The van der Waals surface area contributed by atoms with Gasteiger partial charge in [0.2, 0.25) is 5.91 Å². The predicted molar refractivity (Wildman–Crippen MR) is 79.4 cm³/mol. The summed E-state index contributed by atoms with van der Waals surface area (Å²) in [5.41, 5.74) is 1.87. The Balaban J connectivity index is 1.52. The Morgan fingerprint density at radius 1 is 1.37 bits per heavy atom. The van der Waals surface area contributed by atoms with E-state index in [1.54, 1.807) is 11.3 Å². The molecule has 2 aliphatic heterocycles. The zero-order chi connectivity index (χ0) is 13.1. The van der Waals surface area contributed by atoms with Crippen molar-refractivity contribution < 1.29 is 4.79 Å². The van der Waals surface area contributed by atoms with Crippen LogP contribution in [-0.4, -0.2) is 58.4 Å². The molecule has 3 rings (SSSR count). The molecule has 0 spiro atoms. The van der Waals surface area contributed by atoms with Crippen LogP contribution in [0.15, 0.2) is 11.7 Å². The molecule has 1 aromatic heterocycles. The van der Waals surface area contributed by atoms with E-state index >= 15 is 0 Å². The number of nitrogens with zero attached hydrogens (tertiary/aromatic N) is 3. The number of amides is 1. The molecule has 0 bridgehead atoms. The van der Waals surface area contributed by atoms with Gasteiger partial charge in [0.25, 0.3) is 0 Å². The van der Waals surface area contributed by atoms with E-state index in [4.69, 9.17) is 0 Å². The van der Waals surface area contributed by atoms with Crippen LogP contribution in [0.4, 0.5) is 0 Å². The van der Waals surface area contributed by atoms with Gasteiger partial charge in [-0.05, 0) is 13.0 Å². The summed E-state index contributed by atoms with van der Waals surface area (Å²) in [5, 5.41) is 0. The number of rotatable bonds is 3. The van der Waals surface area contributed by atoms with Crippen LogP contribution in [0.5, 0.6) is 0 Å². The maximum Gasteiger partial charge on any atom is 0.227 e. The molecule has 19 heavy (non-hydrogen) atoms. The Kier molecular flexibility index (Phi) is 4.40. The maximum absolute atomic E-state index is 12.4. The van der Waals surface area contributed by atoms with Crippen LogP contribution in [0.1, 0.15) is 11.3 Å². The lowest BCUT2D eigenvalue weighted by Crippen LogP contribution is -2.42. The maximum atomic E-state index is 12.4. The summed E-state index contributed by atoms with van der Waals surface area (Å²) in [7, 11) is 0. The van der Waals surface area contributed by atoms with Gasteiger partial charge in [-0.1, -0.05) is 0 Å². The van der Waals surface area contributed by atoms with Gasteiger partial charge in [0.15, 0.2) is 0 Å². The number of hydrogen-bond acceptors (Lipinski definition) is 5. The normalized spacial score (nSPS) is 24.8. The van der Waals surface area contributed by atoms with Gasteiger partial charge in [0.1, 0.15) is 0 Å². The molecule has 1 aromatic rings. The lowest BCUT2D eigenvalue weighted by Gasteiger charge is -2.28. The van der Waals surface area contributed by atoms with Gasteiger partial charge in [0, 0.05) is 48.8 Å². The summed E-state index contributed by atoms with van der Waals surface area (Å²) < 4.78 is 0. The topological polar surface area (TPSA) is 36.4 Å². The number of aromatic nitrogens is 1. The summed E-state index contributed by atoms with van der Waals surface area (Å²) in [4.78, 5) is 22.3. The molecule has 2 saturated heterocycles. The number of carbonyl (C=O) groups excluding carboxylic acids is 1. The minimum atomic E-state index is 0.219. The van der Waals surface area contributed by atoms with Crippen LogP contribution in [0, 0.1) is 5.92 Å². The van der Waals surface area contributed by atoms with E-state index in [2.05, 4.69) is 14.8 Å². The van der Waals surface area contributed by atoms with Gasteiger partial charge in [-0.2, -0.15) is 11.8 Å². The number of hydrogen-bond donors (Lipinski definition) is 0. The van der Waals surface area contributed by atoms with Gasteiger partial charge in [-0.3, -0.25) is 14.7 Å². The zero-order valence-corrected chi connectivity index (χ0v) is 12.6. The highest BCUT2D eigenvalue weighted by Crippen LogP contribution is 2.23. The molecule has 0 aliphatic carbocycles. The molecule has 0 radical (unpaired) electrons. The van der Waals surface area contributed by atoms with Crippen molar-refractivity contribution in [2.75, 3.05) is 37.7 Å². The Bertz CT molecular complexity index is 418. The lowest BCUT2D eigenvalue weighted by molar-refractivity contribution is -0.134. The molecule has 1 unspecified atom stereocenters. The summed E-state index contributed by atoms with van der Waals surface area (Å²) >= 11 is 3.65. The highest BCUT2D eigenvalue weighted by Gasteiger charge is 2.31. The van der Waals surface area contributed by atoms with Crippen LogP contribution >= 0.6 is 23.1 Å². The van der Waals surface area contributed by atoms with Crippen molar-refractivity contribution in [3.63, 3.8) is 0 Å². The van der Waals surface area contributed by atoms with Crippen molar-refractivity contribution in [1.29, 1.82) is 0 Å². The standard InChI is InChI=1S/C13H19N3OS2/c17-13(16-3-5-18-6-4-16)11-1-2-15(8-11)9-12-7-14-10-19-12/h7,10-11H,1-6,8-9H2. The van der Waals surface area contributed by atoms with Gasteiger partial charge in [-0.15, -0.1) is 11.3 Å². The SMILES string of the molecule is O=C(C1CCN(Cc2cncs2)C1)N1CCSCC1. The van der Waals surface area contributed by atoms with Crippen LogP contribution in [0.25, 0.3) is 0 Å². The number of thiazole rings is 1.